The summed E-state index contributed by atoms with van der Waals surface area (Å²) in [6, 6.07) is 8.43. The molecule has 1 aromatic carbocycles. The summed E-state index contributed by atoms with van der Waals surface area (Å²) in [6.45, 7) is 2.21. The maximum Gasteiger partial charge on any atom is 0.279 e. The van der Waals surface area contributed by atoms with Crippen LogP contribution in [-0.2, 0) is 16.6 Å². The van der Waals surface area contributed by atoms with Crippen molar-refractivity contribution < 1.29 is 8.42 Å². The normalized spacial score (nSPS) is 11.3. The molecule has 20 heavy (non-hydrogen) atoms. The predicted molar refractivity (Wildman–Crippen MR) is 81.8 cm³/mol. The first-order chi connectivity index (χ1) is 9.44. The number of nitrogens with two attached hydrogens (primary N) is 1. The van der Waals surface area contributed by atoms with Gasteiger partial charge in [-0.15, -0.1) is 0 Å². The minimum absolute atomic E-state index is 0.0388. The van der Waals surface area contributed by atoms with E-state index in [0.717, 1.165) is 11.1 Å². The van der Waals surface area contributed by atoms with Gasteiger partial charge in [0.05, 0.1) is 5.69 Å². The molecule has 2 rings (SSSR count). The van der Waals surface area contributed by atoms with Gasteiger partial charge < -0.3 is 5.73 Å². The monoisotopic (exact) mass is 355 g/mol. The van der Waals surface area contributed by atoms with Gasteiger partial charge in [-0.2, -0.15) is 8.42 Å². The number of hydrogen-bond acceptors (Lipinski definition) is 4. The molecule has 7 heteroatoms. The Morgan fingerprint density at radius 3 is 2.65 bits per heavy atom. The van der Waals surface area contributed by atoms with Crippen molar-refractivity contribution in [2.24, 2.45) is 5.73 Å². The van der Waals surface area contributed by atoms with Gasteiger partial charge in [0.2, 0.25) is 0 Å². The Morgan fingerprint density at radius 2 is 2.05 bits per heavy atom. The molecular weight excluding hydrogens is 342 g/mol. The Labute approximate surface area is 126 Å². The fourth-order valence-corrected chi connectivity index (χ4v) is 3.11. The topological polar surface area (TPSA) is 85.1 Å². The average molecular weight is 356 g/mol. The lowest BCUT2D eigenvalue weighted by atomic mass is 10.2. The number of nitrogens with zero attached hydrogens (tertiary/aromatic N) is 1. The van der Waals surface area contributed by atoms with Crippen LogP contribution in [0.15, 0.2) is 46.0 Å². The van der Waals surface area contributed by atoms with Crippen molar-refractivity contribution in [3.8, 4) is 0 Å². The summed E-state index contributed by atoms with van der Waals surface area (Å²) in [6.07, 6.45) is 1.46. The molecule has 0 aliphatic heterocycles. The summed E-state index contributed by atoms with van der Waals surface area (Å²) in [5.41, 5.74) is 7.66. The number of hydrogen-bond donors (Lipinski definition) is 2. The Kier molecular flexibility index (Phi) is 4.42. The lowest BCUT2D eigenvalue weighted by Crippen LogP contribution is -2.15. The lowest BCUT2D eigenvalue weighted by Gasteiger charge is -2.10. The second-order valence-electron chi connectivity index (χ2n) is 4.25. The summed E-state index contributed by atoms with van der Waals surface area (Å²) in [5, 5.41) is -0.0388. The third-order valence-electron chi connectivity index (χ3n) is 2.74. The van der Waals surface area contributed by atoms with E-state index in [1.54, 1.807) is 18.2 Å². The molecule has 0 aliphatic rings. The van der Waals surface area contributed by atoms with Gasteiger partial charge in [-0.3, -0.25) is 4.72 Å². The highest BCUT2D eigenvalue weighted by molar-refractivity contribution is 9.10. The van der Waals surface area contributed by atoms with Crippen LogP contribution >= 0.6 is 15.9 Å². The molecular formula is C13H14BrN3O2S. The Balaban J connectivity index is 2.33. The first-order valence-corrected chi connectivity index (χ1v) is 8.14. The van der Waals surface area contributed by atoms with Crippen molar-refractivity contribution in [3.05, 3.63) is 52.1 Å². The number of sulfonamides is 1. The number of benzene rings is 1. The number of pyridine rings is 1. The van der Waals surface area contributed by atoms with Crippen molar-refractivity contribution in [2.45, 2.75) is 18.5 Å². The van der Waals surface area contributed by atoms with Gasteiger partial charge in [-0.05, 0) is 46.1 Å². The average Bonchev–Trinajstić information content (AvgIpc) is 2.44. The molecule has 0 unspecified atom stereocenters. The zero-order chi connectivity index (χ0) is 14.8. The standard InChI is InChI=1S/C13H14BrN3O2S/c1-9-3-2-4-11(13(9)14)17-20(18,19)12-6-5-10(7-15)8-16-12/h2-6,8,17H,7,15H2,1H3. The van der Waals surface area contributed by atoms with Crippen molar-refractivity contribution in [3.63, 3.8) is 0 Å². The number of nitrogens with one attached hydrogen (secondary N) is 1. The maximum absolute atomic E-state index is 12.2. The van der Waals surface area contributed by atoms with Crippen LogP contribution in [0.1, 0.15) is 11.1 Å². The summed E-state index contributed by atoms with van der Waals surface area (Å²) in [7, 11) is -3.71. The number of anilines is 1. The first-order valence-electron chi connectivity index (χ1n) is 5.87. The van der Waals surface area contributed by atoms with Gasteiger partial charge in [0.1, 0.15) is 0 Å². The third kappa shape index (κ3) is 3.17. The highest BCUT2D eigenvalue weighted by atomic mass is 79.9. The Bertz CT molecular complexity index is 715. The Hall–Kier alpha value is -1.44. The summed E-state index contributed by atoms with van der Waals surface area (Å²) < 4.78 is 27.7. The largest absolute Gasteiger partial charge is 0.326 e. The molecule has 0 aliphatic carbocycles. The van der Waals surface area contributed by atoms with Crippen LogP contribution in [0.5, 0.6) is 0 Å². The maximum atomic E-state index is 12.2. The second kappa shape index (κ2) is 5.90. The summed E-state index contributed by atoms with van der Waals surface area (Å²) >= 11 is 3.36. The van der Waals surface area contributed by atoms with E-state index in [9.17, 15) is 8.42 Å². The smallest absolute Gasteiger partial charge is 0.279 e. The fraction of sp³-hybridized carbons (Fsp3) is 0.154. The molecule has 106 valence electrons. The molecule has 3 N–H and O–H groups in total. The van der Waals surface area contributed by atoms with Crippen molar-refractivity contribution in [1.29, 1.82) is 0 Å². The minimum Gasteiger partial charge on any atom is -0.326 e. The van der Waals surface area contributed by atoms with Crippen LogP contribution in [0.4, 0.5) is 5.69 Å². The molecule has 5 nitrogen and oxygen atoms in total. The first kappa shape index (κ1) is 15.0. The van der Waals surface area contributed by atoms with Crippen LogP contribution in [0.25, 0.3) is 0 Å². The molecule has 0 fully saturated rings. The molecule has 1 aromatic heterocycles. The fourth-order valence-electron chi connectivity index (χ4n) is 1.61. The Morgan fingerprint density at radius 1 is 1.30 bits per heavy atom. The molecule has 0 radical (unpaired) electrons. The lowest BCUT2D eigenvalue weighted by molar-refractivity contribution is 0.597. The van der Waals surface area contributed by atoms with Gasteiger partial charge in [-0.25, -0.2) is 4.98 Å². The van der Waals surface area contributed by atoms with E-state index in [1.807, 2.05) is 13.0 Å². The number of aromatic nitrogens is 1. The quantitative estimate of drug-likeness (QED) is 0.881. The molecule has 1 heterocycles. The van der Waals surface area contributed by atoms with Gasteiger partial charge in [0.25, 0.3) is 10.0 Å². The van der Waals surface area contributed by atoms with Crippen LogP contribution in [0, 0.1) is 6.92 Å². The zero-order valence-corrected chi connectivity index (χ0v) is 13.2. The third-order valence-corrected chi connectivity index (χ3v) is 5.08. The number of aryl methyl sites for hydroxylation is 1. The zero-order valence-electron chi connectivity index (χ0n) is 10.8. The van der Waals surface area contributed by atoms with Crippen LogP contribution < -0.4 is 10.5 Å². The number of rotatable bonds is 4. The number of halogens is 1. The van der Waals surface area contributed by atoms with Crippen LogP contribution in [-0.4, -0.2) is 13.4 Å². The highest BCUT2D eigenvalue weighted by Gasteiger charge is 2.17. The van der Waals surface area contributed by atoms with E-state index < -0.39 is 10.0 Å². The molecule has 0 spiro atoms. The van der Waals surface area contributed by atoms with Crippen molar-refractivity contribution in [2.75, 3.05) is 4.72 Å². The van der Waals surface area contributed by atoms with Crippen LogP contribution in [0.2, 0.25) is 0 Å². The SMILES string of the molecule is Cc1cccc(NS(=O)(=O)c2ccc(CN)cn2)c1Br. The molecule has 0 saturated heterocycles. The van der Waals surface area contributed by atoms with E-state index >= 15 is 0 Å². The van der Waals surface area contributed by atoms with Gasteiger partial charge >= 0.3 is 0 Å². The van der Waals surface area contributed by atoms with E-state index in [4.69, 9.17) is 5.73 Å². The molecule has 0 saturated carbocycles. The summed E-state index contributed by atoms with van der Waals surface area (Å²) in [5.74, 6) is 0. The van der Waals surface area contributed by atoms with Gasteiger partial charge in [0, 0.05) is 17.2 Å². The minimum atomic E-state index is -3.71. The second-order valence-corrected chi connectivity index (χ2v) is 6.67. The van der Waals surface area contributed by atoms with E-state index in [-0.39, 0.29) is 5.03 Å². The van der Waals surface area contributed by atoms with E-state index in [0.29, 0.717) is 16.7 Å². The van der Waals surface area contributed by atoms with Crippen molar-refractivity contribution >= 4 is 31.6 Å². The van der Waals surface area contributed by atoms with Crippen molar-refractivity contribution in [1.82, 2.24) is 4.98 Å². The molecule has 0 amide bonds. The van der Waals surface area contributed by atoms with Gasteiger partial charge in [0.15, 0.2) is 5.03 Å². The predicted octanol–water partition coefficient (Wildman–Crippen LogP) is 2.41. The highest BCUT2D eigenvalue weighted by Crippen LogP contribution is 2.27. The molecule has 2 aromatic rings. The van der Waals surface area contributed by atoms with Gasteiger partial charge in [-0.1, -0.05) is 18.2 Å². The van der Waals surface area contributed by atoms with Crippen LogP contribution in [0.3, 0.4) is 0 Å². The molecule has 0 bridgehead atoms. The summed E-state index contributed by atoms with van der Waals surface area (Å²) in [4.78, 5) is 3.92. The van der Waals surface area contributed by atoms with E-state index in [2.05, 4.69) is 25.6 Å². The van der Waals surface area contributed by atoms with E-state index in [1.165, 1.54) is 12.3 Å². The molecule has 0 atom stereocenters.